The summed E-state index contributed by atoms with van der Waals surface area (Å²) in [6, 6.07) is 8.92. The summed E-state index contributed by atoms with van der Waals surface area (Å²) in [6.07, 6.45) is -4.76. The Kier molecular flexibility index (Phi) is 6.35. The van der Waals surface area contributed by atoms with Gasteiger partial charge in [-0.3, -0.25) is 4.79 Å². The molecule has 0 atom stereocenters. The third-order valence-corrected chi connectivity index (χ3v) is 5.69. The highest BCUT2D eigenvalue weighted by atomic mass is 19.4. The minimum Gasteiger partial charge on any atom is -0.406 e. The van der Waals surface area contributed by atoms with Gasteiger partial charge in [-0.05, 0) is 43.4 Å². The number of carbonyl (C=O) groups excluding carboxylic acids is 1. The standard InChI is InChI=1S/C21H25F3N6O2/c1-27-8-10-28(11-9-27)18-6-7-19(26-25-18)29-12-14-30(15-13-29)20(31)16-2-4-17(5-3-16)32-21(22,23)24/h2-7H,8-15H2,1H3. The SMILES string of the molecule is CN1CCN(c2ccc(N3CCN(C(=O)c4ccc(OC(F)(F)F)cc4)CC3)nn2)CC1. The number of carbonyl (C=O) groups is 1. The van der Waals surface area contributed by atoms with E-state index in [0.29, 0.717) is 31.7 Å². The predicted octanol–water partition coefficient (Wildman–Crippen LogP) is 2.09. The molecule has 2 aliphatic heterocycles. The summed E-state index contributed by atoms with van der Waals surface area (Å²) in [7, 11) is 2.11. The van der Waals surface area contributed by atoms with Crippen molar-refractivity contribution in [1.29, 1.82) is 0 Å². The van der Waals surface area contributed by atoms with Gasteiger partial charge in [-0.1, -0.05) is 0 Å². The number of hydrogen-bond acceptors (Lipinski definition) is 7. The quantitative estimate of drug-likeness (QED) is 0.707. The van der Waals surface area contributed by atoms with Crippen LogP contribution in [0.2, 0.25) is 0 Å². The first-order chi connectivity index (χ1) is 15.3. The van der Waals surface area contributed by atoms with Crippen LogP contribution < -0.4 is 14.5 Å². The molecule has 0 spiro atoms. The molecule has 172 valence electrons. The second-order valence-corrected chi connectivity index (χ2v) is 7.89. The van der Waals surface area contributed by atoms with E-state index in [2.05, 4.69) is 36.7 Å². The number of likely N-dealkylation sites (N-methyl/N-ethyl adjacent to an activating group) is 1. The molecule has 11 heteroatoms. The average molecular weight is 450 g/mol. The van der Waals surface area contributed by atoms with Crippen molar-refractivity contribution in [2.45, 2.75) is 6.36 Å². The fourth-order valence-corrected chi connectivity index (χ4v) is 3.81. The molecule has 32 heavy (non-hydrogen) atoms. The van der Waals surface area contributed by atoms with Gasteiger partial charge in [0.25, 0.3) is 5.91 Å². The first kappa shape index (κ1) is 22.1. The summed E-state index contributed by atoms with van der Waals surface area (Å²) in [4.78, 5) is 20.9. The van der Waals surface area contributed by atoms with Crippen LogP contribution >= 0.6 is 0 Å². The minimum atomic E-state index is -4.76. The van der Waals surface area contributed by atoms with E-state index in [1.807, 2.05) is 12.1 Å². The first-order valence-electron chi connectivity index (χ1n) is 10.5. The zero-order valence-corrected chi connectivity index (χ0v) is 17.8. The summed E-state index contributed by atoms with van der Waals surface area (Å²) in [5.41, 5.74) is 0.323. The number of piperazine rings is 2. The third kappa shape index (κ3) is 5.39. The van der Waals surface area contributed by atoms with Crippen LogP contribution in [0.5, 0.6) is 5.75 Å². The maximum absolute atomic E-state index is 12.7. The van der Waals surface area contributed by atoms with E-state index in [9.17, 15) is 18.0 Å². The number of ether oxygens (including phenoxy) is 1. The Morgan fingerprint density at radius 3 is 1.78 bits per heavy atom. The van der Waals surface area contributed by atoms with E-state index < -0.39 is 6.36 Å². The molecule has 0 bridgehead atoms. The van der Waals surface area contributed by atoms with Crippen molar-refractivity contribution in [3.8, 4) is 5.75 Å². The summed E-state index contributed by atoms with van der Waals surface area (Å²) in [5.74, 6) is 1.06. The van der Waals surface area contributed by atoms with Gasteiger partial charge in [0, 0.05) is 57.9 Å². The number of rotatable bonds is 4. The number of halogens is 3. The molecule has 0 aliphatic carbocycles. The van der Waals surface area contributed by atoms with Crippen LogP contribution in [0.4, 0.5) is 24.8 Å². The lowest BCUT2D eigenvalue weighted by Gasteiger charge is -2.36. The summed E-state index contributed by atoms with van der Waals surface area (Å²) in [5, 5.41) is 8.76. The Morgan fingerprint density at radius 2 is 1.31 bits per heavy atom. The number of alkyl halides is 3. The molecule has 3 heterocycles. The molecule has 0 saturated carbocycles. The number of nitrogens with zero attached hydrogens (tertiary/aromatic N) is 6. The molecule has 0 unspecified atom stereocenters. The Morgan fingerprint density at radius 1 is 0.812 bits per heavy atom. The average Bonchev–Trinajstić information content (AvgIpc) is 2.79. The van der Waals surface area contributed by atoms with E-state index in [-0.39, 0.29) is 11.7 Å². The fourth-order valence-electron chi connectivity index (χ4n) is 3.81. The maximum Gasteiger partial charge on any atom is 0.573 e. The third-order valence-electron chi connectivity index (χ3n) is 5.69. The Hall–Kier alpha value is -3.08. The van der Waals surface area contributed by atoms with Crippen LogP contribution in [-0.4, -0.2) is 91.7 Å². The summed E-state index contributed by atoms with van der Waals surface area (Å²) in [6.45, 7) is 6.02. The van der Waals surface area contributed by atoms with Crippen LogP contribution in [0.3, 0.4) is 0 Å². The lowest BCUT2D eigenvalue weighted by atomic mass is 10.1. The molecule has 1 amide bonds. The van der Waals surface area contributed by atoms with Gasteiger partial charge < -0.3 is 24.3 Å². The van der Waals surface area contributed by atoms with E-state index in [1.54, 1.807) is 4.90 Å². The zero-order chi connectivity index (χ0) is 22.7. The van der Waals surface area contributed by atoms with E-state index in [0.717, 1.165) is 49.9 Å². The van der Waals surface area contributed by atoms with Gasteiger partial charge in [0.1, 0.15) is 5.75 Å². The molecule has 0 radical (unpaired) electrons. The molecule has 2 aliphatic rings. The lowest BCUT2D eigenvalue weighted by molar-refractivity contribution is -0.274. The first-order valence-corrected chi connectivity index (χ1v) is 10.5. The van der Waals surface area contributed by atoms with Crippen LogP contribution in [-0.2, 0) is 0 Å². The number of anilines is 2. The largest absolute Gasteiger partial charge is 0.573 e. The molecule has 4 rings (SSSR count). The number of amides is 1. The van der Waals surface area contributed by atoms with Gasteiger partial charge in [-0.25, -0.2) is 0 Å². The molecule has 0 N–H and O–H groups in total. The molecule has 1 aromatic heterocycles. The number of aromatic nitrogens is 2. The molecule has 2 saturated heterocycles. The van der Waals surface area contributed by atoms with Crippen molar-refractivity contribution in [3.05, 3.63) is 42.0 Å². The highest BCUT2D eigenvalue weighted by molar-refractivity contribution is 5.94. The normalized spacial score (nSPS) is 18.1. The minimum absolute atomic E-state index is 0.222. The van der Waals surface area contributed by atoms with Crippen LogP contribution in [0.1, 0.15) is 10.4 Å². The van der Waals surface area contributed by atoms with Gasteiger partial charge in [-0.15, -0.1) is 23.4 Å². The smallest absolute Gasteiger partial charge is 0.406 e. The van der Waals surface area contributed by atoms with Crippen molar-refractivity contribution >= 4 is 17.5 Å². The highest BCUT2D eigenvalue weighted by Gasteiger charge is 2.31. The molecule has 2 fully saturated rings. The maximum atomic E-state index is 12.7. The Balaban J connectivity index is 1.30. The van der Waals surface area contributed by atoms with Crippen LogP contribution in [0.25, 0.3) is 0 Å². The molecular formula is C21H25F3N6O2. The molecular weight excluding hydrogens is 425 g/mol. The van der Waals surface area contributed by atoms with E-state index >= 15 is 0 Å². The van der Waals surface area contributed by atoms with Gasteiger partial charge in [0.2, 0.25) is 0 Å². The van der Waals surface area contributed by atoms with E-state index in [1.165, 1.54) is 12.1 Å². The fraction of sp³-hybridized carbons (Fsp3) is 0.476. The molecule has 2 aromatic rings. The van der Waals surface area contributed by atoms with Crippen molar-refractivity contribution in [1.82, 2.24) is 20.0 Å². The zero-order valence-electron chi connectivity index (χ0n) is 17.8. The lowest BCUT2D eigenvalue weighted by Crippen LogP contribution is -2.49. The van der Waals surface area contributed by atoms with Crippen LogP contribution in [0.15, 0.2) is 36.4 Å². The van der Waals surface area contributed by atoms with Crippen molar-refractivity contribution in [3.63, 3.8) is 0 Å². The van der Waals surface area contributed by atoms with Crippen LogP contribution in [0, 0.1) is 0 Å². The Labute approximate surface area is 184 Å². The molecule has 8 nitrogen and oxygen atoms in total. The number of hydrogen-bond donors (Lipinski definition) is 0. The summed E-state index contributed by atoms with van der Waals surface area (Å²) >= 11 is 0. The topological polar surface area (TPSA) is 65.0 Å². The highest BCUT2D eigenvalue weighted by Crippen LogP contribution is 2.23. The Bertz CT molecular complexity index is 907. The monoisotopic (exact) mass is 450 g/mol. The second kappa shape index (κ2) is 9.19. The van der Waals surface area contributed by atoms with Gasteiger partial charge in [-0.2, -0.15) is 0 Å². The predicted molar refractivity (Wildman–Crippen MR) is 113 cm³/mol. The second-order valence-electron chi connectivity index (χ2n) is 7.89. The van der Waals surface area contributed by atoms with E-state index in [4.69, 9.17) is 0 Å². The summed E-state index contributed by atoms with van der Waals surface area (Å²) < 4.78 is 40.7. The van der Waals surface area contributed by atoms with Crippen molar-refractivity contribution in [2.75, 3.05) is 69.2 Å². The van der Waals surface area contributed by atoms with Gasteiger partial charge >= 0.3 is 6.36 Å². The number of benzene rings is 1. The van der Waals surface area contributed by atoms with Crippen molar-refractivity contribution in [2.24, 2.45) is 0 Å². The van der Waals surface area contributed by atoms with Gasteiger partial charge in [0.15, 0.2) is 11.6 Å². The van der Waals surface area contributed by atoms with Crippen molar-refractivity contribution < 1.29 is 22.7 Å². The molecule has 1 aromatic carbocycles. The van der Waals surface area contributed by atoms with Gasteiger partial charge in [0.05, 0.1) is 0 Å².